The van der Waals surface area contributed by atoms with Gasteiger partial charge < -0.3 is 30.3 Å². The molecule has 4 N–H and O–H groups in total. The van der Waals surface area contributed by atoms with Crippen LogP contribution in [0.5, 0.6) is 11.5 Å². The maximum atomic E-state index is 12.7. The Kier molecular flexibility index (Phi) is 7.38. The van der Waals surface area contributed by atoms with E-state index >= 15 is 0 Å². The van der Waals surface area contributed by atoms with Crippen LogP contribution in [0.4, 0.5) is 0 Å². The van der Waals surface area contributed by atoms with Crippen molar-refractivity contribution in [3.05, 3.63) is 22.8 Å². The molecule has 1 aromatic carbocycles. The topological polar surface area (TPSA) is 168 Å². The summed E-state index contributed by atoms with van der Waals surface area (Å²) in [5.41, 5.74) is -0.176. The molecule has 0 unspecified atom stereocenters. The fourth-order valence-corrected chi connectivity index (χ4v) is 4.20. The van der Waals surface area contributed by atoms with Crippen molar-refractivity contribution in [3.63, 3.8) is 0 Å². The van der Waals surface area contributed by atoms with Gasteiger partial charge in [-0.2, -0.15) is 0 Å². The van der Waals surface area contributed by atoms with E-state index < -0.39 is 59.0 Å². The maximum Gasteiger partial charge on any atom is 0.339 e. The molecule has 1 aliphatic heterocycles. The Hall–Kier alpha value is -3.15. The number of hydrogen-bond acceptors (Lipinski definition) is 9. The van der Waals surface area contributed by atoms with E-state index in [4.69, 9.17) is 4.74 Å². The molecule has 0 bridgehead atoms. The number of benzene rings is 1. The van der Waals surface area contributed by atoms with Crippen molar-refractivity contribution >= 4 is 34.6 Å². The summed E-state index contributed by atoms with van der Waals surface area (Å²) >= 11 is 0. The Morgan fingerprint density at radius 3 is 2.57 bits per heavy atom. The van der Waals surface area contributed by atoms with Crippen LogP contribution in [-0.2, 0) is 40.4 Å². The molecule has 0 radical (unpaired) electrons. The van der Waals surface area contributed by atoms with E-state index in [2.05, 4.69) is 15.4 Å². The minimum Gasteiger partial charge on any atom is -0.508 e. The van der Waals surface area contributed by atoms with Crippen LogP contribution in [-0.4, -0.2) is 69.7 Å². The molecule has 0 aromatic heterocycles. The van der Waals surface area contributed by atoms with Gasteiger partial charge in [0.05, 0.1) is 24.2 Å². The second kappa shape index (κ2) is 9.57. The number of cyclic esters (lactones) is 1. The summed E-state index contributed by atoms with van der Waals surface area (Å²) in [6, 6.07) is -1.65. The van der Waals surface area contributed by atoms with Crippen molar-refractivity contribution in [1.82, 2.24) is 10.6 Å². The van der Waals surface area contributed by atoms with Crippen molar-refractivity contribution in [3.8, 4) is 11.5 Å². The summed E-state index contributed by atoms with van der Waals surface area (Å²) < 4.78 is 22.4. The zero-order chi connectivity index (χ0) is 22.6. The summed E-state index contributed by atoms with van der Waals surface area (Å²) in [7, 11) is -0.753. The first-order chi connectivity index (χ1) is 14.0. The molecule has 11 nitrogen and oxygen atoms in total. The first-order valence-electron chi connectivity index (χ1n) is 8.76. The Bertz CT molecular complexity index is 915. The highest BCUT2D eigenvalue weighted by molar-refractivity contribution is 7.84. The molecule has 12 heteroatoms. The van der Waals surface area contributed by atoms with Gasteiger partial charge in [0.1, 0.15) is 30.2 Å². The number of amides is 2. The van der Waals surface area contributed by atoms with Gasteiger partial charge in [-0.25, -0.2) is 9.59 Å². The number of methoxy groups -OCH3 is 1. The second-order valence-corrected chi connectivity index (χ2v) is 8.08. The highest BCUT2D eigenvalue weighted by Crippen LogP contribution is 2.33. The molecule has 1 aromatic rings. The third-order valence-corrected chi connectivity index (χ3v) is 5.70. The zero-order valence-electron chi connectivity index (χ0n) is 16.5. The smallest absolute Gasteiger partial charge is 0.339 e. The van der Waals surface area contributed by atoms with Crippen LogP contribution in [0.15, 0.2) is 6.07 Å². The number of phenolic OH excluding ortho intramolecular Hbond substituents is 2. The van der Waals surface area contributed by atoms with E-state index in [0.29, 0.717) is 0 Å². The van der Waals surface area contributed by atoms with Crippen molar-refractivity contribution < 1.29 is 43.1 Å². The van der Waals surface area contributed by atoms with Gasteiger partial charge in [-0.15, -0.1) is 0 Å². The van der Waals surface area contributed by atoms with Gasteiger partial charge in [0.25, 0.3) is 0 Å². The van der Waals surface area contributed by atoms with Crippen molar-refractivity contribution in [2.75, 3.05) is 19.5 Å². The zero-order valence-corrected chi connectivity index (χ0v) is 17.3. The number of fused-ring (bicyclic) bond motifs is 1. The average Bonchev–Trinajstić information content (AvgIpc) is 2.66. The summed E-state index contributed by atoms with van der Waals surface area (Å²) in [4.78, 5) is 48.7. The van der Waals surface area contributed by atoms with Crippen molar-refractivity contribution in [2.45, 2.75) is 31.7 Å². The Balaban J connectivity index is 2.55. The fraction of sp³-hybridized carbons (Fsp3) is 0.444. The number of ether oxygens (including phenoxy) is 2. The largest absolute Gasteiger partial charge is 0.508 e. The molecule has 0 saturated heterocycles. The quantitative estimate of drug-likeness (QED) is 0.419. The predicted molar refractivity (Wildman–Crippen MR) is 103 cm³/mol. The number of carbonyl (C=O) groups is 4. The Labute approximate surface area is 174 Å². The van der Waals surface area contributed by atoms with E-state index in [0.717, 1.165) is 20.1 Å². The average molecular weight is 442 g/mol. The number of esters is 2. The van der Waals surface area contributed by atoms with E-state index in [1.807, 2.05) is 0 Å². The van der Waals surface area contributed by atoms with E-state index in [1.165, 1.54) is 6.92 Å². The fourth-order valence-electron chi connectivity index (χ4n) is 2.88. The minimum atomic E-state index is -1.84. The first-order valence-corrected chi connectivity index (χ1v) is 10.3. The van der Waals surface area contributed by atoms with Gasteiger partial charge in [0.15, 0.2) is 0 Å². The molecule has 164 valence electrons. The number of carbonyl (C=O) groups excluding carboxylic acids is 4. The predicted octanol–water partition coefficient (Wildman–Crippen LogP) is -1.01. The van der Waals surface area contributed by atoms with E-state index in [1.54, 1.807) is 0 Å². The highest BCUT2D eigenvalue weighted by atomic mass is 32.2. The molecule has 0 fully saturated rings. The monoisotopic (exact) mass is 442 g/mol. The van der Waals surface area contributed by atoms with E-state index in [9.17, 15) is 33.6 Å². The Morgan fingerprint density at radius 1 is 1.30 bits per heavy atom. The summed E-state index contributed by atoms with van der Waals surface area (Å²) in [5.74, 6) is -4.88. The number of aromatic hydroxyl groups is 2. The Morgan fingerprint density at radius 2 is 1.97 bits per heavy atom. The molecule has 2 rings (SSSR count). The molecule has 30 heavy (non-hydrogen) atoms. The molecule has 3 atom stereocenters. The normalized spacial score (nSPS) is 22.4. The molecule has 0 spiro atoms. The summed E-state index contributed by atoms with van der Waals surface area (Å²) in [6.07, 6.45) is 0. The number of hydrogen-bond donors (Lipinski definition) is 4. The third kappa shape index (κ3) is 5.26. The van der Waals surface area contributed by atoms with Gasteiger partial charge in [0, 0.05) is 34.9 Å². The van der Waals surface area contributed by atoms with Gasteiger partial charge in [-0.3, -0.25) is 13.8 Å². The van der Waals surface area contributed by atoms with Crippen molar-refractivity contribution in [2.24, 2.45) is 0 Å². The van der Waals surface area contributed by atoms with Gasteiger partial charge in [0.2, 0.25) is 11.8 Å². The van der Waals surface area contributed by atoms with E-state index in [-0.39, 0.29) is 33.9 Å². The number of rotatable bonds is 2. The maximum absolute atomic E-state index is 12.7. The lowest BCUT2D eigenvalue weighted by Crippen LogP contribution is -2.55. The molecular weight excluding hydrogens is 420 g/mol. The lowest BCUT2D eigenvalue weighted by atomic mass is 10.0. The molecule has 1 heterocycles. The minimum absolute atomic E-state index is 0.0415. The van der Waals surface area contributed by atoms with Crippen LogP contribution in [0.1, 0.15) is 28.4 Å². The third-order valence-electron chi connectivity index (χ3n) is 4.38. The first kappa shape index (κ1) is 23.1. The van der Waals surface area contributed by atoms with Crippen LogP contribution in [0.2, 0.25) is 0 Å². The van der Waals surface area contributed by atoms with Gasteiger partial charge >= 0.3 is 11.9 Å². The SMILES string of the molecule is COC(=O)[C@@H]1C[S@@](=O)Cc2c(O)cc(O)c(C)c2C(=O)OC[C@H](NC(C)=O)C(=O)N1. The number of nitrogens with one attached hydrogen (secondary N) is 2. The molecule has 0 aliphatic carbocycles. The van der Waals surface area contributed by atoms with Crippen LogP contribution < -0.4 is 10.6 Å². The standard InChI is InChI=1S/C18H22N2O9S/c1-8-13(22)4-14(23)10-6-30(27)7-12(17(25)28-3)20-16(24)11(19-9(2)21)5-29-18(26)15(8)10/h4,11-12,22-23H,5-7H2,1-3H3,(H,19,21)(H,20,24)/t11-,12-,30-/m0/s1. The molecule has 0 saturated carbocycles. The van der Waals surface area contributed by atoms with Gasteiger partial charge in [-0.05, 0) is 6.92 Å². The lowest BCUT2D eigenvalue weighted by Gasteiger charge is -2.23. The van der Waals surface area contributed by atoms with Crippen molar-refractivity contribution in [1.29, 1.82) is 0 Å². The van der Waals surface area contributed by atoms with Crippen LogP contribution in [0.25, 0.3) is 0 Å². The summed E-state index contributed by atoms with van der Waals surface area (Å²) in [6.45, 7) is 1.96. The molecular formula is C18H22N2O9S. The lowest BCUT2D eigenvalue weighted by molar-refractivity contribution is -0.144. The van der Waals surface area contributed by atoms with Crippen LogP contribution in [0.3, 0.4) is 0 Å². The molecule has 2 amide bonds. The molecule has 1 aliphatic rings. The summed E-state index contributed by atoms with van der Waals surface area (Å²) in [5, 5.41) is 24.8. The highest BCUT2D eigenvalue weighted by Gasteiger charge is 2.32. The van der Waals surface area contributed by atoms with Crippen LogP contribution >= 0.6 is 0 Å². The van der Waals surface area contributed by atoms with Crippen LogP contribution in [0, 0.1) is 6.92 Å². The number of phenols is 2. The second-order valence-electron chi connectivity index (χ2n) is 6.58. The van der Waals surface area contributed by atoms with Gasteiger partial charge in [-0.1, -0.05) is 0 Å².